The maximum Gasteiger partial charge on any atom is 0.213 e. The number of oxime groups is 1. The molecule has 0 unspecified atom stereocenters. The van der Waals surface area contributed by atoms with Crippen molar-refractivity contribution < 1.29 is 23.8 Å². The van der Waals surface area contributed by atoms with Gasteiger partial charge in [0.2, 0.25) is 5.88 Å². The molecule has 1 saturated heterocycles. The van der Waals surface area contributed by atoms with Crippen LogP contribution in [0.25, 0.3) is 0 Å². The molecular weight excluding hydrogens is 458 g/mol. The Kier molecular flexibility index (Phi) is 8.36. The molecule has 1 aliphatic heterocycles. The second kappa shape index (κ2) is 11.5. The van der Waals surface area contributed by atoms with Crippen LogP contribution in [-0.4, -0.2) is 43.0 Å². The Balaban J connectivity index is 1.41. The van der Waals surface area contributed by atoms with Crippen LogP contribution in [0.2, 0.25) is 0 Å². The highest BCUT2D eigenvalue weighted by Crippen LogP contribution is 2.34. The van der Waals surface area contributed by atoms with Gasteiger partial charge < -0.3 is 29.5 Å². The zero-order valence-corrected chi connectivity index (χ0v) is 22.1. The summed E-state index contributed by atoms with van der Waals surface area (Å²) in [6.45, 7) is 9.17. The standard InChI is InChI=1S/C28H39N3O5/c1-6-20-14-22(11-18(2)26(20)33-16-23-17-34-28(3,4)36-23)27(29)31-35-15-19-12-24(21-9-7-8-10-21)30-25(13-19)32-5/h11-14,21,23H,6-10,15-17H2,1-5H3,(H2,29,31)/t23-/m1/s1. The van der Waals surface area contributed by atoms with Crippen LogP contribution in [0, 0.1) is 6.92 Å². The predicted molar refractivity (Wildman–Crippen MR) is 138 cm³/mol. The number of aromatic nitrogens is 1. The first-order valence-electron chi connectivity index (χ1n) is 12.9. The zero-order valence-electron chi connectivity index (χ0n) is 22.1. The van der Waals surface area contributed by atoms with Crippen LogP contribution in [0.1, 0.15) is 80.3 Å². The molecule has 1 saturated carbocycles. The first-order valence-corrected chi connectivity index (χ1v) is 12.9. The zero-order chi connectivity index (χ0) is 25.7. The Labute approximate surface area is 214 Å². The van der Waals surface area contributed by atoms with Crippen molar-refractivity contribution in [3.05, 3.63) is 52.2 Å². The summed E-state index contributed by atoms with van der Waals surface area (Å²) in [5, 5.41) is 4.20. The molecule has 8 heteroatoms. The van der Waals surface area contributed by atoms with Gasteiger partial charge in [0.05, 0.1) is 13.7 Å². The first-order chi connectivity index (χ1) is 17.3. The van der Waals surface area contributed by atoms with Crippen molar-refractivity contribution >= 4 is 5.84 Å². The maximum atomic E-state index is 6.30. The van der Waals surface area contributed by atoms with E-state index in [9.17, 15) is 0 Å². The summed E-state index contributed by atoms with van der Waals surface area (Å²) < 4.78 is 23.1. The minimum absolute atomic E-state index is 0.0928. The van der Waals surface area contributed by atoms with Gasteiger partial charge >= 0.3 is 0 Å². The average molecular weight is 498 g/mol. The number of pyridine rings is 1. The summed E-state index contributed by atoms with van der Waals surface area (Å²) >= 11 is 0. The largest absolute Gasteiger partial charge is 0.490 e. The summed E-state index contributed by atoms with van der Waals surface area (Å²) in [6, 6.07) is 7.96. The molecule has 196 valence electrons. The Morgan fingerprint density at radius 2 is 1.97 bits per heavy atom. The molecule has 2 aliphatic rings. The molecule has 36 heavy (non-hydrogen) atoms. The van der Waals surface area contributed by atoms with Crippen molar-refractivity contribution in [2.24, 2.45) is 10.9 Å². The normalized spacial score (nSPS) is 20.0. The van der Waals surface area contributed by atoms with Gasteiger partial charge in [-0.3, -0.25) is 0 Å². The minimum atomic E-state index is -0.565. The lowest BCUT2D eigenvalue weighted by Crippen LogP contribution is -2.25. The van der Waals surface area contributed by atoms with Gasteiger partial charge in [0.15, 0.2) is 11.6 Å². The van der Waals surface area contributed by atoms with E-state index in [1.165, 1.54) is 25.7 Å². The number of nitrogens with two attached hydrogens (primary N) is 1. The molecule has 1 atom stereocenters. The number of rotatable bonds is 10. The monoisotopic (exact) mass is 497 g/mol. The summed E-state index contributed by atoms with van der Waals surface area (Å²) in [7, 11) is 1.64. The number of aryl methyl sites for hydroxylation is 2. The molecule has 2 aromatic rings. The summed E-state index contributed by atoms with van der Waals surface area (Å²) in [5.41, 5.74) is 11.2. The van der Waals surface area contributed by atoms with Crippen LogP contribution in [0.5, 0.6) is 11.6 Å². The Bertz CT molecular complexity index is 1080. The van der Waals surface area contributed by atoms with Crippen molar-refractivity contribution in [1.82, 2.24) is 4.98 Å². The smallest absolute Gasteiger partial charge is 0.213 e. The van der Waals surface area contributed by atoms with Gasteiger partial charge in [-0.15, -0.1) is 0 Å². The second-order valence-corrected chi connectivity index (χ2v) is 10.1. The van der Waals surface area contributed by atoms with E-state index in [0.29, 0.717) is 37.5 Å². The van der Waals surface area contributed by atoms with Gasteiger partial charge in [-0.05, 0) is 74.9 Å². The van der Waals surface area contributed by atoms with Crippen LogP contribution in [-0.2, 0) is 27.3 Å². The molecule has 2 heterocycles. The quantitative estimate of drug-likeness (QED) is 0.281. The first kappa shape index (κ1) is 26.2. The SMILES string of the molecule is CCc1cc(C(N)=NOCc2cc(OC)nc(C3CCCC3)c2)cc(C)c1OC[C@@H]1COC(C)(C)O1. The van der Waals surface area contributed by atoms with Gasteiger partial charge in [0.1, 0.15) is 25.1 Å². The number of amidine groups is 1. The van der Waals surface area contributed by atoms with Crippen molar-refractivity contribution in [1.29, 1.82) is 0 Å². The number of hydrogen-bond acceptors (Lipinski definition) is 7. The van der Waals surface area contributed by atoms with E-state index in [1.54, 1.807) is 7.11 Å². The highest BCUT2D eigenvalue weighted by atomic mass is 16.7. The fourth-order valence-corrected chi connectivity index (χ4v) is 4.92. The van der Waals surface area contributed by atoms with E-state index < -0.39 is 5.79 Å². The van der Waals surface area contributed by atoms with E-state index in [0.717, 1.165) is 40.1 Å². The van der Waals surface area contributed by atoms with E-state index in [-0.39, 0.29) is 6.10 Å². The van der Waals surface area contributed by atoms with Crippen molar-refractivity contribution in [3.63, 3.8) is 0 Å². The molecular formula is C28H39N3O5. The second-order valence-electron chi connectivity index (χ2n) is 10.1. The number of methoxy groups -OCH3 is 1. The molecule has 2 fully saturated rings. The van der Waals surface area contributed by atoms with E-state index in [2.05, 4.69) is 23.1 Å². The molecule has 2 N–H and O–H groups in total. The molecule has 0 radical (unpaired) electrons. The van der Waals surface area contributed by atoms with Crippen LogP contribution >= 0.6 is 0 Å². The van der Waals surface area contributed by atoms with Gasteiger partial charge in [0.25, 0.3) is 0 Å². The van der Waals surface area contributed by atoms with E-state index >= 15 is 0 Å². The van der Waals surface area contributed by atoms with Crippen molar-refractivity contribution in [2.75, 3.05) is 20.3 Å². The molecule has 8 nitrogen and oxygen atoms in total. The van der Waals surface area contributed by atoms with Gasteiger partial charge in [-0.2, -0.15) is 0 Å². The summed E-state index contributed by atoms with van der Waals surface area (Å²) in [5.74, 6) is 1.71. The Hall–Kier alpha value is -2.84. The molecule has 1 aromatic carbocycles. The molecule has 0 spiro atoms. The van der Waals surface area contributed by atoms with Crippen LogP contribution in [0.3, 0.4) is 0 Å². The number of hydrogen-bond donors (Lipinski definition) is 1. The third-order valence-corrected chi connectivity index (χ3v) is 6.77. The highest BCUT2D eigenvalue weighted by molar-refractivity contribution is 5.97. The molecule has 1 aliphatic carbocycles. The fourth-order valence-electron chi connectivity index (χ4n) is 4.92. The van der Waals surface area contributed by atoms with Gasteiger partial charge in [0, 0.05) is 23.2 Å². The Morgan fingerprint density at radius 1 is 1.19 bits per heavy atom. The fraction of sp³-hybridized carbons (Fsp3) is 0.571. The number of ether oxygens (including phenoxy) is 4. The van der Waals surface area contributed by atoms with Crippen LogP contribution in [0.4, 0.5) is 0 Å². The minimum Gasteiger partial charge on any atom is -0.490 e. The molecule has 4 rings (SSSR count). The lowest BCUT2D eigenvalue weighted by atomic mass is 10.0. The predicted octanol–water partition coefficient (Wildman–Crippen LogP) is 4.99. The van der Waals surface area contributed by atoms with Gasteiger partial charge in [-0.25, -0.2) is 4.98 Å². The van der Waals surface area contributed by atoms with E-state index in [4.69, 9.17) is 29.5 Å². The molecule has 0 bridgehead atoms. The number of nitrogens with zero attached hydrogens (tertiary/aromatic N) is 2. The van der Waals surface area contributed by atoms with E-state index in [1.807, 2.05) is 39.0 Å². The third kappa shape index (κ3) is 6.48. The maximum absolute atomic E-state index is 6.30. The number of benzene rings is 1. The lowest BCUT2D eigenvalue weighted by molar-refractivity contribution is -0.141. The molecule has 1 aromatic heterocycles. The summed E-state index contributed by atoms with van der Waals surface area (Å²) in [6.07, 6.45) is 5.55. The van der Waals surface area contributed by atoms with Gasteiger partial charge in [-0.1, -0.05) is 24.9 Å². The Morgan fingerprint density at radius 3 is 2.64 bits per heavy atom. The van der Waals surface area contributed by atoms with Crippen molar-refractivity contribution in [3.8, 4) is 11.6 Å². The third-order valence-electron chi connectivity index (χ3n) is 6.77. The van der Waals surface area contributed by atoms with Crippen LogP contribution in [0.15, 0.2) is 29.4 Å². The van der Waals surface area contributed by atoms with Crippen LogP contribution < -0.4 is 15.2 Å². The molecule has 0 amide bonds. The van der Waals surface area contributed by atoms with Crippen molar-refractivity contribution in [2.45, 2.75) is 84.2 Å². The summed E-state index contributed by atoms with van der Waals surface area (Å²) in [4.78, 5) is 10.3. The highest BCUT2D eigenvalue weighted by Gasteiger charge is 2.33. The topological polar surface area (TPSA) is 97.4 Å². The average Bonchev–Trinajstić information content (AvgIpc) is 3.52. The lowest BCUT2D eigenvalue weighted by Gasteiger charge is -2.19.